The molecule has 0 amide bonds. The largest absolute Gasteiger partial charge is 0.233 e. The molecule has 0 saturated heterocycles. The highest BCUT2D eigenvalue weighted by molar-refractivity contribution is 5.94. The van der Waals surface area contributed by atoms with Crippen molar-refractivity contribution in [2.24, 2.45) is 5.92 Å². The lowest BCUT2D eigenvalue weighted by atomic mass is 9.83. The molecule has 0 bridgehead atoms. The number of hydrogen-bond donors (Lipinski definition) is 0. The third kappa shape index (κ3) is 2.00. The summed E-state index contributed by atoms with van der Waals surface area (Å²) in [6, 6.07) is 8.03. The number of fused-ring (bicyclic) bond motifs is 1. The summed E-state index contributed by atoms with van der Waals surface area (Å²) in [4.78, 5) is 11.1. The predicted molar refractivity (Wildman–Crippen MR) is 67.6 cm³/mol. The van der Waals surface area contributed by atoms with E-state index < -0.39 is 0 Å². The van der Waals surface area contributed by atoms with Crippen molar-refractivity contribution in [1.82, 2.24) is 0 Å². The number of carbonyl (C=O) groups excluding carboxylic acids is 1. The molecule has 0 unspecified atom stereocenters. The van der Waals surface area contributed by atoms with Gasteiger partial charge in [0.2, 0.25) is 0 Å². The maximum absolute atomic E-state index is 11.1. The first-order valence-electron chi connectivity index (χ1n) is 5.89. The summed E-state index contributed by atoms with van der Waals surface area (Å²) >= 11 is 0. The van der Waals surface area contributed by atoms with Crippen LogP contribution in [0.1, 0.15) is 37.3 Å². The first kappa shape index (κ1) is 10.9. The van der Waals surface area contributed by atoms with Gasteiger partial charge in [-0.2, -0.15) is 0 Å². The van der Waals surface area contributed by atoms with Crippen molar-refractivity contribution in [3.63, 3.8) is 0 Å². The van der Waals surface area contributed by atoms with Crippen LogP contribution in [-0.2, 0) is 4.79 Å². The van der Waals surface area contributed by atoms with Gasteiger partial charge >= 0.3 is 0 Å². The Morgan fingerprint density at radius 3 is 2.88 bits per heavy atom. The fourth-order valence-electron chi connectivity index (χ4n) is 2.20. The second kappa shape index (κ2) is 4.96. The van der Waals surface area contributed by atoms with E-state index in [1.807, 2.05) is 24.3 Å². The molecule has 0 fully saturated rings. The lowest BCUT2D eigenvalue weighted by Crippen LogP contribution is -2.06. The average Bonchev–Trinajstić information content (AvgIpc) is 2.35. The Bertz CT molecular complexity index is 450. The van der Waals surface area contributed by atoms with Crippen LogP contribution in [-0.4, -0.2) is 5.94 Å². The van der Waals surface area contributed by atoms with Gasteiger partial charge in [-0.25, -0.2) is 4.79 Å². The molecule has 1 aromatic carbocycles. The van der Waals surface area contributed by atoms with E-state index in [1.165, 1.54) is 0 Å². The van der Waals surface area contributed by atoms with Crippen molar-refractivity contribution < 1.29 is 4.79 Å². The second-order valence-corrected chi connectivity index (χ2v) is 4.21. The van der Waals surface area contributed by atoms with Crippen molar-refractivity contribution in [2.75, 3.05) is 0 Å². The normalized spacial score (nSPS) is 18.1. The molecular formula is C15H16O. The zero-order valence-corrected chi connectivity index (χ0v) is 9.57. The summed E-state index contributed by atoms with van der Waals surface area (Å²) in [5.41, 5.74) is 3.02. The molecule has 16 heavy (non-hydrogen) atoms. The first-order chi connectivity index (χ1) is 7.86. The van der Waals surface area contributed by atoms with Crippen molar-refractivity contribution in [3.05, 3.63) is 41.5 Å². The summed E-state index contributed by atoms with van der Waals surface area (Å²) < 4.78 is 0. The van der Waals surface area contributed by atoms with E-state index in [0.29, 0.717) is 0 Å². The second-order valence-electron chi connectivity index (χ2n) is 4.21. The molecule has 0 saturated carbocycles. The third-order valence-electron chi connectivity index (χ3n) is 3.11. The fraction of sp³-hybridized carbons (Fsp3) is 0.333. The summed E-state index contributed by atoms with van der Waals surface area (Å²) in [6.07, 6.45) is 7.63. The van der Waals surface area contributed by atoms with Crippen LogP contribution in [0.25, 0.3) is 11.6 Å². The lowest BCUT2D eigenvalue weighted by Gasteiger charge is -2.20. The number of unbranched alkanes of at least 4 members (excludes halogenated alkanes) is 1. The Morgan fingerprint density at radius 2 is 2.12 bits per heavy atom. The van der Waals surface area contributed by atoms with E-state index in [0.717, 1.165) is 36.0 Å². The van der Waals surface area contributed by atoms with Crippen LogP contribution in [0.4, 0.5) is 0 Å². The average molecular weight is 212 g/mol. The van der Waals surface area contributed by atoms with Crippen LogP contribution in [0.5, 0.6) is 0 Å². The van der Waals surface area contributed by atoms with Crippen LogP contribution >= 0.6 is 0 Å². The molecule has 0 aromatic heterocycles. The smallest absolute Gasteiger partial charge is 0.129 e. The highest BCUT2D eigenvalue weighted by Gasteiger charge is 2.19. The Kier molecular flexibility index (Phi) is 3.38. The molecule has 1 nitrogen and oxygen atoms in total. The van der Waals surface area contributed by atoms with E-state index in [1.54, 1.807) is 0 Å². The van der Waals surface area contributed by atoms with E-state index in [2.05, 4.69) is 25.0 Å². The molecule has 1 aromatic rings. The van der Waals surface area contributed by atoms with Gasteiger partial charge in [0.05, 0.1) is 5.57 Å². The number of hydrogen-bond acceptors (Lipinski definition) is 1. The number of rotatable bonds is 3. The van der Waals surface area contributed by atoms with Crippen LogP contribution in [0.3, 0.4) is 0 Å². The van der Waals surface area contributed by atoms with Crippen molar-refractivity contribution in [1.29, 1.82) is 0 Å². The monoisotopic (exact) mass is 212 g/mol. The van der Waals surface area contributed by atoms with Crippen LogP contribution in [0, 0.1) is 5.92 Å². The van der Waals surface area contributed by atoms with Gasteiger partial charge in [0.1, 0.15) is 5.94 Å². The molecule has 0 aliphatic heterocycles. The van der Waals surface area contributed by atoms with E-state index in [-0.39, 0.29) is 5.92 Å². The summed E-state index contributed by atoms with van der Waals surface area (Å²) in [7, 11) is 0. The molecule has 0 spiro atoms. The molecule has 1 heteroatoms. The Hall–Kier alpha value is -1.59. The Labute approximate surface area is 96.5 Å². The minimum absolute atomic E-state index is 0.257. The van der Waals surface area contributed by atoms with Crippen molar-refractivity contribution >= 4 is 17.6 Å². The molecule has 1 atom stereocenters. The van der Waals surface area contributed by atoms with Gasteiger partial charge in [-0.1, -0.05) is 56.2 Å². The molecule has 2 rings (SSSR count). The maximum Gasteiger partial charge on any atom is 0.129 e. The summed E-state index contributed by atoms with van der Waals surface area (Å²) in [6.45, 7) is 2.17. The molecule has 1 aliphatic rings. The molecular weight excluding hydrogens is 196 g/mol. The van der Waals surface area contributed by atoms with Crippen molar-refractivity contribution in [2.45, 2.75) is 26.2 Å². The van der Waals surface area contributed by atoms with Crippen LogP contribution in [0.15, 0.2) is 30.3 Å². The fourth-order valence-corrected chi connectivity index (χ4v) is 2.20. The van der Waals surface area contributed by atoms with Gasteiger partial charge in [-0.3, -0.25) is 0 Å². The quantitative estimate of drug-likeness (QED) is 0.698. The van der Waals surface area contributed by atoms with Crippen LogP contribution < -0.4 is 0 Å². The third-order valence-corrected chi connectivity index (χ3v) is 3.11. The molecule has 1 aliphatic carbocycles. The predicted octanol–water partition coefficient (Wildman–Crippen LogP) is 3.73. The van der Waals surface area contributed by atoms with E-state index >= 15 is 0 Å². The Balaban J connectivity index is 2.34. The van der Waals surface area contributed by atoms with Gasteiger partial charge in [0, 0.05) is 5.92 Å². The topological polar surface area (TPSA) is 17.1 Å². The van der Waals surface area contributed by atoms with Gasteiger partial charge in [-0.15, -0.1) is 0 Å². The minimum atomic E-state index is 0.257. The van der Waals surface area contributed by atoms with Gasteiger partial charge in [-0.05, 0) is 17.5 Å². The molecule has 82 valence electrons. The zero-order valence-electron chi connectivity index (χ0n) is 9.57. The number of allylic oxidation sites excluding steroid dienone is 2. The molecule has 0 heterocycles. The maximum atomic E-state index is 11.1. The van der Waals surface area contributed by atoms with E-state index in [9.17, 15) is 4.79 Å². The van der Waals surface area contributed by atoms with Crippen molar-refractivity contribution in [3.8, 4) is 0 Å². The van der Waals surface area contributed by atoms with Gasteiger partial charge < -0.3 is 0 Å². The number of benzene rings is 1. The lowest BCUT2D eigenvalue weighted by molar-refractivity contribution is 0.566. The van der Waals surface area contributed by atoms with Gasteiger partial charge in [0.15, 0.2) is 0 Å². The highest BCUT2D eigenvalue weighted by Crippen LogP contribution is 2.33. The highest BCUT2D eigenvalue weighted by atomic mass is 16.1. The minimum Gasteiger partial charge on any atom is -0.233 e. The summed E-state index contributed by atoms with van der Waals surface area (Å²) in [5, 5.41) is 0. The van der Waals surface area contributed by atoms with Crippen LogP contribution in [0.2, 0.25) is 0 Å². The SMILES string of the molecule is CCCC[C@H]1C=Cc2ccccc2C1=C=O. The first-order valence-corrected chi connectivity index (χ1v) is 5.89. The van der Waals surface area contributed by atoms with Gasteiger partial charge in [0.25, 0.3) is 0 Å². The summed E-state index contributed by atoms with van der Waals surface area (Å²) in [5.74, 6) is 2.39. The standard InChI is InChI=1S/C15H16O/c1-2-3-6-13-10-9-12-7-4-5-8-14(12)15(13)11-16/h4-5,7-10,13H,2-3,6H2,1H3/t13-/m0/s1. The molecule has 0 radical (unpaired) electrons. The van der Waals surface area contributed by atoms with E-state index in [4.69, 9.17) is 0 Å². The zero-order chi connectivity index (χ0) is 11.4. The molecule has 0 N–H and O–H groups in total. The Morgan fingerprint density at radius 1 is 1.31 bits per heavy atom.